The Labute approximate surface area is 193 Å². The molecular weight excluding hydrogens is 415 g/mol. The van der Waals surface area contributed by atoms with Crippen molar-refractivity contribution in [2.75, 3.05) is 10.2 Å². The minimum Gasteiger partial charge on any atom is -0.350 e. The smallest absolute Gasteiger partial charge is 0.282 e. The van der Waals surface area contributed by atoms with E-state index in [9.17, 15) is 14.0 Å². The number of hydrogen-bond donors (Lipinski definition) is 1. The molecular formula is C28H27FN2O2. The molecule has 33 heavy (non-hydrogen) atoms. The van der Waals surface area contributed by atoms with Gasteiger partial charge in [-0.25, -0.2) is 9.29 Å². The molecule has 0 saturated heterocycles. The number of halogens is 1. The fraction of sp³-hybridized carbons (Fsp3) is 0.214. The number of benzene rings is 3. The van der Waals surface area contributed by atoms with Crippen LogP contribution in [0.4, 0.5) is 15.8 Å². The van der Waals surface area contributed by atoms with Crippen LogP contribution in [0.3, 0.4) is 0 Å². The van der Waals surface area contributed by atoms with Gasteiger partial charge in [0.25, 0.3) is 11.8 Å². The van der Waals surface area contributed by atoms with Gasteiger partial charge in [0.1, 0.15) is 11.5 Å². The first-order valence-corrected chi connectivity index (χ1v) is 11.0. The van der Waals surface area contributed by atoms with Crippen LogP contribution in [0.5, 0.6) is 0 Å². The largest absolute Gasteiger partial charge is 0.350 e. The van der Waals surface area contributed by atoms with Gasteiger partial charge in [-0.05, 0) is 64.9 Å². The lowest BCUT2D eigenvalue weighted by molar-refractivity contribution is -0.120. The van der Waals surface area contributed by atoms with Crippen LogP contribution in [0.2, 0.25) is 0 Å². The Balaban J connectivity index is 1.75. The first kappa shape index (κ1) is 22.5. The van der Waals surface area contributed by atoms with Crippen molar-refractivity contribution in [3.63, 3.8) is 0 Å². The predicted molar refractivity (Wildman–Crippen MR) is 130 cm³/mol. The lowest BCUT2D eigenvalue weighted by Crippen LogP contribution is -2.32. The van der Waals surface area contributed by atoms with E-state index in [1.807, 2.05) is 43.3 Å². The number of imide groups is 1. The van der Waals surface area contributed by atoms with Crippen LogP contribution in [-0.4, -0.2) is 11.8 Å². The van der Waals surface area contributed by atoms with Crippen LogP contribution >= 0.6 is 0 Å². The van der Waals surface area contributed by atoms with Gasteiger partial charge >= 0.3 is 0 Å². The van der Waals surface area contributed by atoms with Crippen LogP contribution in [0, 0.1) is 5.82 Å². The molecule has 3 aromatic carbocycles. The minimum absolute atomic E-state index is 0.00232. The van der Waals surface area contributed by atoms with Crippen LogP contribution < -0.4 is 10.2 Å². The molecule has 0 spiro atoms. The van der Waals surface area contributed by atoms with Crippen LogP contribution in [0.15, 0.2) is 78.5 Å². The maximum absolute atomic E-state index is 13.5. The van der Waals surface area contributed by atoms with E-state index in [0.29, 0.717) is 16.9 Å². The van der Waals surface area contributed by atoms with Crippen molar-refractivity contribution in [1.29, 1.82) is 0 Å². The molecule has 1 N–H and O–H groups in total. The summed E-state index contributed by atoms with van der Waals surface area (Å²) in [6, 6.07) is 20.8. The van der Waals surface area contributed by atoms with E-state index in [2.05, 4.69) is 26.1 Å². The first-order chi connectivity index (χ1) is 15.7. The Morgan fingerprint density at radius 2 is 1.42 bits per heavy atom. The molecule has 1 aliphatic rings. The SMILES string of the molecule is CCc1ccc(N2C(=O)C(Nc3ccc(C(C)(C)C)cc3)=C(c3ccc(F)cc3)C2=O)cc1. The zero-order valence-corrected chi connectivity index (χ0v) is 19.3. The first-order valence-electron chi connectivity index (χ1n) is 11.0. The third kappa shape index (κ3) is 4.44. The summed E-state index contributed by atoms with van der Waals surface area (Å²) in [4.78, 5) is 28.1. The fourth-order valence-corrected chi connectivity index (χ4v) is 3.84. The van der Waals surface area contributed by atoms with Crippen LogP contribution in [0.1, 0.15) is 44.4 Å². The highest BCUT2D eigenvalue weighted by molar-refractivity contribution is 6.46. The van der Waals surface area contributed by atoms with Crippen LogP contribution in [0.25, 0.3) is 5.57 Å². The van der Waals surface area contributed by atoms with Crippen molar-refractivity contribution in [1.82, 2.24) is 0 Å². The fourth-order valence-electron chi connectivity index (χ4n) is 3.84. The Kier molecular flexibility index (Phi) is 5.90. The van der Waals surface area contributed by atoms with Gasteiger partial charge in [0.05, 0.1) is 11.3 Å². The van der Waals surface area contributed by atoms with E-state index in [4.69, 9.17) is 0 Å². The number of nitrogens with one attached hydrogen (secondary N) is 1. The zero-order valence-electron chi connectivity index (χ0n) is 19.3. The lowest BCUT2D eigenvalue weighted by atomic mass is 9.87. The zero-order chi connectivity index (χ0) is 23.8. The van der Waals surface area contributed by atoms with E-state index in [1.54, 1.807) is 12.1 Å². The molecule has 0 radical (unpaired) electrons. The van der Waals surface area contributed by atoms with E-state index >= 15 is 0 Å². The Hall–Kier alpha value is -3.73. The molecule has 0 bridgehead atoms. The summed E-state index contributed by atoms with van der Waals surface area (Å²) in [5.41, 5.74) is 4.35. The molecule has 0 saturated carbocycles. The number of aryl methyl sites for hydroxylation is 1. The number of carbonyl (C=O) groups is 2. The molecule has 0 aliphatic carbocycles. The van der Waals surface area contributed by atoms with Crippen molar-refractivity contribution in [3.8, 4) is 0 Å². The molecule has 1 heterocycles. The Morgan fingerprint density at radius 1 is 0.818 bits per heavy atom. The molecule has 4 rings (SSSR count). The van der Waals surface area contributed by atoms with Gasteiger partial charge < -0.3 is 5.32 Å². The normalized spacial score (nSPS) is 14.3. The number of rotatable bonds is 5. The lowest BCUT2D eigenvalue weighted by Gasteiger charge is -2.19. The summed E-state index contributed by atoms with van der Waals surface area (Å²) in [5, 5.41) is 3.16. The summed E-state index contributed by atoms with van der Waals surface area (Å²) in [6.45, 7) is 8.44. The molecule has 0 atom stereocenters. The second kappa shape index (κ2) is 8.66. The van der Waals surface area contributed by atoms with Crippen molar-refractivity contribution in [2.45, 2.75) is 39.5 Å². The third-order valence-electron chi connectivity index (χ3n) is 5.84. The molecule has 3 aromatic rings. The molecule has 5 heteroatoms. The quantitative estimate of drug-likeness (QED) is 0.487. The summed E-state index contributed by atoms with van der Waals surface area (Å²) >= 11 is 0. The molecule has 0 fully saturated rings. The highest BCUT2D eigenvalue weighted by Gasteiger charge is 2.40. The Morgan fingerprint density at radius 3 is 1.97 bits per heavy atom. The van der Waals surface area contributed by atoms with Gasteiger partial charge in [0, 0.05) is 5.69 Å². The topological polar surface area (TPSA) is 49.4 Å². The second-order valence-electron chi connectivity index (χ2n) is 9.17. The van der Waals surface area contributed by atoms with Crippen LogP contribution in [-0.2, 0) is 21.4 Å². The molecule has 1 aliphatic heterocycles. The molecule has 2 amide bonds. The standard InChI is InChI=1S/C28H27FN2O2/c1-5-18-6-16-23(17-7-18)31-26(32)24(19-8-12-21(29)13-9-19)25(27(31)33)30-22-14-10-20(11-15-22)28(2,3)4/h6-17,30H,5H2,1-4H3. The number of amides is 2. The molecule has 168 valence electrons. The van der Waals surface area contributed by atoms with Crippen molar-refractivity contribution >= 4 is 28.8 Å². The second-order valence-corrected chi connectivity index (χ2v) is 9.17. The van der Waals surface area contributed by atoms with Crippen molar-refractivity contribution < 1.29 is 14.0 Å². The molecule has 0 unspecified atom stereocenters. The van der Waals surface area contributed by atoms with Crippen molar-refractivity contribution in [3.05, 3.63) is 101 Å². The number of anilines is 2. The summed E-state index contributed by atoms with van der Waals surface area (Å²) in [7, 11) is 0. The van der Waals surface area contributed by atoms with Gasteiger partial charge in [-0.2, -0.15) is 0 Å². The molecule has 0 aromatic heterocycles. The highest BCUT2D eigenvalue weighted by Crippen LogP contribution is 2.34. The maximum atomic E-state index is 13.5. The van der Waals surface area contributed by atoms with Gasteiger partial charge in [-0.15, -0.1) is 0 Å². The highest BCUT2D eigenvalue weighted by atomic mass is 19.1. The van der Waals surface area contributed by atoms with Crippen molar-refractivity contribution in [2.24, 2.45) is 0 Å². The van der Waals surface area contributed by atoms with Gasteiger partial charge in [0.15, 0.2) is 0 Å². The minimum atomic E-state index is -0.441. The number of hydrogen-bond acceptors (Lipinski definition) is 3. The summed E-state index contributed by atoms with van der Waals surface area (Å²) < 4.78 is 13.5. The average molecular weight is 443 g/mol. The summed E-state index contributed by atoms with van der Waals surface area (Å²) in [6.07, 6.45) is 0.860. The van der Waals surface area contributed by atoms with E-state index in [1.165, 1.54) is 29.2 Å². The Bertz CT molecular complexity index is 1220. The van der Waals surface area contributed by atoms with E-state index in [-0.39, 0.29) is 16.7 Å². The average Bonchev–Trinajstić information content (AvgIpc) is 3.03. The van der Waals surface area contributed by atoms with E-state index in [0.717, 1.165) is 17.5 Å². The van der Waals surface area contributed by atoms with Gasteiger partial charge in [0.2, 0.25) is 0 Å². The number of nitrogens with zero attached hydrogens (tertiary/aromatic N) is 1. The predicted octanol–water partition coefficient (Wildman–Crippen LogP) is 6.08. The number of carbonyl (C=O) groups excluding carboxylic acids is 2. The monoisotopic (exact) mass is 442 g/mol. The van der Waals surface area contributed by atoms with Gasteiger partial charge in [-0.3, -0.25) is 9.59 Å². The maximum Gasteiger partial charge on any atom is 0.282 e. The molecule has 4 nitrogen and oxygen atoms in total. The third-order valence-corrected chi connectivity index (χ3v) is 5.84. The summed E-state index contributed by atoms with van der Waals surface area (Å²) in [5.74, 6) is -1.29. The van der Waals surface area contributed by atoms with E-state index < -0.39 is 17.6 Å². The van der Waals surface area contributed by atoms with Gasteiger partial charge in [-0.1, -0.05) is 64.1 Å².